The molecule has 2 aromatic heterocycles. The SMILES string of the molecule is O=c1c2cnn(-c3ccc(F)cc3)c2ncn1CC1(O)CCN(Cc2ccc(F)cc2)CC1. The fraction of sp³-hybridized carbons (Fsp3) is 0.292. The number of fused-ring (bicyclic) bond motifs is 1. The molecular formula is C24H23F2N5O2. The van der Waals surface area contributed by atoms with Crippen molar-refractivity contribution in [1.29, 1.82) is 0 Å². The van der Waals surface area contributed by atoms with Crippen LogP contribution >= 0.6 is 0 Å². The van der Waals surface area contributed by atoms with Crippen LogP contribution in [0.2, 0.25) is 0 Å². The van der Waals surface area contributed by atoms with Crippen LogP contribution in [0.15, 0.2) is 65.8 Å². The van der Waals surface area contributed by atoms with E-state index in [0.717, 1.165) is 5.56 Å². The van der Waals surface area contributed by atoms with Crippen molar-refractivity contribution < 1.29 is 13.9 Å². The van der Waals surface area contributed by atoms with E-state index in [-0.39, 0.29) is 23.7 Å². The standard InChI is InChI=1S/C24H23F2N5O2/c25-18-3-1-17(2-4-18)14-29-11-9-24(33,10-12-29)15-30-16-27-22-21(23(30)32)13-28-31(22)20-7-5-19(26)6-8-20/h1-8,13,16,33H,9-12,14-15H2. The number of likely N-dealkylation sites (tertiary alicyclic amines) is 1. The Bertz CT molecular complexity index is 1320. The van der Waals surface area contributed by atoms with E-state index < -0.39 is 5.60 Å². The van der Waals surface area contributed by atoms with Gasteiger partial charge in [0.15, 0.2) is 5.65 Å². The summed E-state index contributed by atoms with van der Waals surface area (Å²) in [5.74, 6) is -0.617. The highest BCUT2D eigenvalue weighted by atomic mass is 19.1. The summed E-state index contributed by atoms with van der Waals surface area (Å²) in [6.07, 6.45) is 3.89. The lowest BCUT2D eigenvalue weighted by Crippen LogP contribution is -2.47. The quantitative estimate of drug-likeness (QED) is 0.505. The normalized spacial score (nSPS) is 16.3. The molecule has 1 aliphatic rings. The number of benzene rings is 2. The average molecular weight is 451 g/mol. The number of halogens is 2. The van der Waals surface area contributed by atoms with E-state index in [0.29, 0.717) is 49.2 Å². The molecule has 0 radical (unpaired) electrons. The minimum Gasteiger partial charge on any atom is -0.388 e. The molecule has 0 atom stereocenters. The molecule has 1 aliphatic heterocycles. The lowest BCUT2D eigenvalue weighted by molar-refractivity contribution is -0.0364. The van der Waals surface area contributed by atoms with E-state index in [1.807, 2.05) is 0 Å². The van der Waals surface area contributed by atoms with E-state index >= 15 is 0 Å². The van der Waals surface area contributed by atoms with Crippen LogP contribution in [0.3, 0.4) is 0 Å². The molecule has 1 fully saturated rings. The van der Waals surface area contributed by atoms with Gasteiger partial charge in [-0.05, 0) is 54.8 Å². The molecule has 1 N–H and O–H groups in total. The van der Waals surface area contributed by atoms with Crippen LogP contribution in [0.25, 0.3) is 16.7 Å². The first-order valence-corrected chi connectivity index (χ1v) is 10.8. The number of hydrogen-bond acceptors (Lipinski definition) is 5. The van der Waals surface area contributed by atoms with Crippen molar-refractivity contribution in [3.63, 3.8) is 0 Å². The van der Waals surface area contributed by atoms with Crippen molar-refractivity contribution in [2.75, 3.05) is 13.1 Å². The monoisotopic (exact) mass is 451 g/mol. The highest BCUT2D eigenvalue weighted by molar-refractivity contribution is 5.74. The molecule has 2 aromatic carbocycles. The lowest BCUT2D eigenvalue weighted by Gasteiger charge is -2.38. The van der Waals surface area contributed by atoms with Crippen LogP contribution in [-0.4, -0.2) is 48.0 Å². The molecule has 7 nitrogen and oxygen atoms in total. The van der Waals surface area contributed by atoms with Crippen molar-refractivity contribution in [3.8, 4) is 5.69 Å². The van der Waals surface area contributed by atoms with Gasteiger partial charge in [0.2, 0.25) is 0 Å². The minimum atomic E-state index is -1.02. The van der Waals surface area contributed by atoms with Crippen molar-refractivity contribution in [1.82, 2.24) is 24.2 Å². The van der Waals surface area contributed by atoms with E-state index in [1.165, 1.54) is 46.0 Å². The van der Waals surface area contributed by atoms with Crippen LogP contribution in [0.5, 0.6) is 0 Å². The first-order chi connectivity index (χ1) is 15.9. The molecule has 0 aliphatic carbocycles. The zero-order valence-electron chi connectivity index (χ0n) is 17.9. The Hall–Kier alpha value is -3.43. The van der Waals surface area contributed by atoms with E-state index in [4.69, 9.17) is 0 Å². The van der Waals surface area contributed by atoms with Gasteiger partial charge >= 0.3 is 0 Å². The van der Waals surface area contributed by atoms with Gasteiger partial charge < -0.3 is 5.11 Å². The molecule has 5 rings (SSSR count). The van der Waals surface area contributed by atoms with Crippen LogP contribution < -0.4 is 5.56 Å². The topological polar surface area (TPSA) is 76.2 Å². The molecule has 4 aromatic rings. The lowest BCUT2D eigenvalue weighted by atomic mass is 9.91. The van der Waals surface area contributed by atoms with Gasteiger partial charge in [-0.15, -0.1) is 0 Å². The summed E-state index contributed by atoms with van der Waals surface area (Å²) in [7, 11) is 0. The molecule has 170 valence electrons. The predicted octanol–water partition coefficient (Wildman–Crippen LogP) is 2.89. The van der Waals surface area contributed by atoms with Crippen LogP contribution in [0.1, 0.15) is 18.4 Å². The zero-order chi connectivity index (χ0) is 23.0. The molecule has 0 unspecified atom stereocenters. The second-order valence-electron chi connectivity index (χ2n) is 8.57. The second-order valence-corrected chi connectivity index (χ2v) is 8.57. The Morgan fingerprint density at radius 3 is 2.27 bits per heavy atom. The summed E-state index contributed by atoms with van der Waals surface area (Å²) in [6, 6.07) is 12.2. The maximum atomic E-state index is 13.2. The van der Waals surface area contributed by atoms with Crippen molar-refractivity contribution in [2.45, 2.75) is 31.5 Å². The summed E-state index contributed by atoms with van der Waals surface area (Å²) in [6.45, 7) is 2.16. The third-order valence-corrected chi connectivity index (χ3v) is 6.20. The smallest absolute Gasteiger partial charge is 0.264 e. The zero-order valence-corrected chi connectivity index (χ0v) is 17.9. The van der Waals surface area contributed by atoms with Gasteiger partial charge in [0.05, 0.1) is 24.0 Å². The largest absolute Gasteiger partial charge is 0.388 e. The Kier molecular flexibility index (Phi) is 5.51. The number of rotatable bonds is 5. The molecule has 0 bridgehead atoms. The number of aliphatic hydroxyl groups is 1. The van der Waals surface area contributed by atoms with Gasteiger partial charge in [-0.3, -0.25) is 14.3 Å². The summed E-state index contributed by atoms with van der Waals surface area (Å²) >= 11 is 0. The van der Waals surface area contributed by atoms with Gasteiger partial charge in [-0.1, -0.05) is 12.1 Å². The van der Waals surface area contributed by atoms with E-state index in [2.05, 4.69) is 15.0 Å². The van der Waals surface area contributed by atoms with E-state index in [9.17, 15) is 18.7 Å². The fourth-order valence-electron chi connectivity index (χ4n) is 4.28. The van der Waals surface area contributed by atoms with Gasteiger partial charge in [0, 0.05) is 19.6 Å². The third-order valence-electron chi connectivity index (χ3n) is 6.20. The van der Waals surface area contributed by atoms with Crippen molar-refractivity contribution in [2.24, 2.45) is 0 Å². The molecule has 1 saturated heterocycles. The predicted molar refractivity (Wildman–Crippen MR) is 119 cm³/mol. The number of aromatic nitrogens is 4. The molecule has 33 heavy (non-hydrogen) atoms. The first-order valence-electron chi connectivity index (χ1n) is 10.8. The van der Waals surface area contributed by atoms with Gasteiger partial charge in [-0.2, -0.15) is 5.10 Å². The number of nitrogens with zero attached hydrogens (tertiary/aromatic N) is 5. The summed E-state index contributed by atoms with van der Waals surface area (Å²) in [4.78, 5) is 19.6. The van der Waals surface area contributed by atoms with Gasteiger partial charge in [0.1, 0.15) is 23.3 Å². The summed E-state index contributed by atoms with van der Waals surface area (Å²) in [5.41, 5.74) is 0.694. The average Bonchev–Trinajstić information content (AvgIpc) is 3.24. The molecule has 0 amide bonds. The Labute approximate surface area is 188 Å². The first kappa shape index (κ1) is 21.4. The highest BCUT2D eigenvalue weighted by Crippen LogP contribution is 2.25. The molecule has 9 heteroatoms. The number of piperidine rings is 1. The van der Waals surface area contributed by atoms with Gasteiger partial charge in [-0.25, -0.2) is 18.4 Å². The summed E-state index contributed by atoms with van der Waals surface area (Å²) < 4.78 is 29.2. The van der Waals surface area contributed by atoms with Gasteiger partial charge in [0.25, 0.3) is 5.56 Å². The Balaban J connectivity index is 1.30. The molecule has 0 saturated carbocycles. The van der Waals surface area contributed by atoms with Crippen molar-refractivity contribution >= 4 is 11.0 Å². The summed E-state index contributed by atoms with van der Waals surface area (Å²) in [5, 5.41) is 15.7. The molecule has 3 heterocycles. The van der Waals surface area contributed by atoms with Crippen LogP contribution in [0, 0.1) is 11.6 Å². The van der Waals surface area contributed by atoms with Crippen LogP contribution in [-0.2, 0) is 13.1 Å². The van der Waals surface area contributed by atoms with E-state index in [1.54, 1.807) is 24.3 Å². The Morgan fingerprint density at radius 1 is 0.970 bits per heavy atom. The molecule has 0 spiro atoms. The third kappa shape index (κ3) is 4.42. The Morgan fingerprint density at radius 2 is 1.61 bits per heavy atom. The van der Waals surface area contributed by atoms with Crippen molar-refractivity contribution in [3.05, 3.63) is 88.6 Å². The fourth-order valence-corrected chi connectivity index (χ4v) is 4.28. The maximum Gasteiger partial charge on any atom is 0.264 e. The second kappa shape index (κ2) is 8.49. The van der Waals surface area contributed by atoms with Crippen LogP contribution in [0.4, 0.5) is 8.78 Å². The number of hydrogen-bond donors (Lipinski definition) is 1. The highest BCUT2D eigenvalue weighted by Gasteiger charge is 2.33. The maximum absolute atomic E-state index is 13.2. The minimum absolute atomic E-state index is 0.140. The molecular weight excluding hydrogens is 428 g/mol.